The number of rotatable bonds is 12. The molecule has 2 heterocycles. The maximum absolute atomic E-state index is 12.1. The third kappa shape index (κ3) is 9.99. The Morgan fingerprint density at radius 1 is 0.618 bits per heavy atom. The van der Waals surface area contributed by atoms with E-state index in [1.165, 1.54) is 0 Å². The molecule has 0 amide bonds. The number of carboxylic acid groups (broad SMARTS) is 1. The summed E-state index contributed by atoms with van der Waals surface area (Å²) in [5.74, 6) is 0.513. The number of anilines is 2. The van der Waals surface area contributed by atoms with E-state index in [4.69, 9.17) is 9.47 Å². The highest BCUT2D eigenvalue weighted by Gasteiger charge is 2.18. The molecule has 0 unspecified atom stereocenters. The number of carboxylic acids is 1. The molecule has 4 N–H and O–H groups in total. The molecule has 2 aromatic heterocycles. The van der Waals surface area contributed by atoms with E-state index in [9.17, 15) is 19.8 Å². The standard InChI is InChI=1S/C23H25N3O3.C20H19N3O3/c1-5-29-22(27)21-15(2)25-23(26-16(21)3)24-14-18-8-6-7-9-20(18)17-10-12-19(28-4)13-11-17;1-12-18(19(25)26)13(2)23-20(22-12)21-11-15-5-3-4-6-17(15)14-7-9-16(24)10-8-14/h6-13H,5,14H2,1-4H3,(H,24,25,26);3-10,24H,11H2,1-2H3,(H,25,26)(H,21,22,23). The van der Waals surface area contributed by atoms with Gasteiger partial charge in [0.1, 0.15) is 22.6 Å². The van der Waals surface area contributed by atoms with Crippen molar-refractivity contribution in [3.63, 3.8) is 0 Å². The van der Waals surface area contributed by atoms with Crippen molar-refractivity contribution in [1.29, 1.82) is 0 Å². The van der Waals surface area contributed by atoms with Crippen LogP contribution in [-0.4, -0.2) is 55.8 Å². The zero-order valence-corrected chi connectivity index (χ0v) is 31.7. The summed E-state index contributed by atoms with van der Waals surface area (Å²) < 4.78 is 10.3. The first-order valence-electron chi connectivity index (χ1n) is 17.7. The molecule has 0 radical (unpaired) electrons. The number of benzene rings is 4. The van der Waals surface area contributed by atoms with Gasteiger partial charge in [-0.25, -0.2) is 29.5 Å². The van der Waals surface area contributed by atoms with Crippen LogP contribution in [0.15, 0.2) is 97.1 Å². The summed E-state index contributed by atoms with van der Waals surface area (Å²) in [4.78, 5) is 40.7. The number of carbonyl (C=O) groups is 2. The van der Waals surface area contributed by atoms with Crippen LogP contribution in [0.25, 0.3) is 22.3 Å². The molecule has 0 aliphatic heterocycles. The van der Waals surface area contributed by atoms with Crippen LogP contribution in [0, 0.1) is 27.7 Å². The molecule has 0 bridgehead atoms. The quantitative estimate of drug-likeness (QED) is 0.0887. The number of hydrogen-bond acceptors (Lipinski definition) is 11. The van der Waals surface area contributed by atoms with Crippen LogP contribution in [0.3, 0.4) is 0 Å². The second kappa shape index (κ2) is 18.3. The van der Waals surface area contributed by atoms with E-state index in [1.807, 2.05) is 72.8 Å². The highest BCUT2D eigenvalue weighted by molar-refractivity contribution is 5.92. The summed E-state index contributed by atoms with van der Waals surface area (Å²) in [6.45, 7) is 10.0. The molecule has 0 saturated carbocycles. The number of phenolic OH excluding ortho intramolecular Hbond substituents is 1. The number of aryl methyl sites for hydroxylation is 4. The predicted molar refractivity (Wildman–Crippen MR) is 213 cm³/mol. The van der Waals surface area contributed by atoms with Crippen molar-refractivity contribution in [3.05, 3.63) is 142 Å². The SMILES string of the molecule is CCOC(=O)c1c(C)nc(NCc2ccccc2-c2ccc(OC)cc2)nc1C.Cc1nc(NCc2ccccc2-c2ccc(O)cc2)nc(C)c1C(=O)O. The number of aromatic hydroxyl groups is 1. The van der Waals surface area contributed by atoms with Gasteiger partial charge in [0, 0.05) is 13.1 Å². The molecule has 0 fully saturated rings. The molecule has 282 valence electrons. The Balaban J connectivity index is 0.000000212. The highest BCUT2D eigenvalue weighted by atomic mass is 16.5. The molecule has 0 atom stereocenters. The van der Waals surface area contributed by atoms with Gasteiger partial charge in [-0.2, -0.15) is 0 Å². The van der Waals surface area contributed by atoms with Gasteiger partial charge in [-0.05, 0) is 92.3 Å². The van der Waals surface area contributed by atoms with Gasteiger partial charge in [0.25, 0.3) is 0 Å². The monoisotopic (exact) mass is 740 g/mol. The first-order chi connectivity index (χ1) is 26.5. The van der Waals surface area contributed by atoms with Gasteiger partial charge >= 0.3 is 11.9 Å². The van der Waals surface area contributed by atoms with Crippen LogP contribution in [0.5, 0.6) is 11.5 Å². The lowest BCUT2D eigenvalue weighted by Crippen LogP contribution is -2.14. The lowest BCUT2D eigenvalue weighted by molar-refractivity contribution is 0.0523. The zero-order valence-electron chi connectivity index (χ0n) is 31.7. The van der Waals surface area contributed by atoms with E-state index < -0.39 is 5.97 Å². The van der Waals surface area contributed by atoms with Crippen molar-refractivity contribution in [1.82, 2.24) is 19.9 Å². The number of carbonyl (C=O) groups excluding carboxylic acids is 1. The fourth-order valence-electron chi connectivity index (χ4n) is 6.07. The maximum Gasteiger partial charge on any atom is 0.341 e. The zero-order chi connectivity index (χ0) is 39.5. The van der Waals surface area contributed by atoms with Crippen LogP contribution < -0.4 is 15.4 Å². The molecule has 12 nitrogen and oxygen atoms in total. The van der Waals surface area contributed by atoms with Gasteiger partial charge in [-0.15, -0.1) is 0 Å². The minimum Gasteiger partial charge on any atom is -0.508 e. The van der Waals surface area contributed by atoms with E-state index in [0.717, 1.165) is 39.1 Å². The largest absolute Gasteiger partial charge is 0.508 e. The molecule has 0 spiro atoms. The summed E-state index contributed by atoms with van der Waals surface area (Å²) in [6.07, 6.45) is 0. The molecule has 12 heteroatoms. The Kier molecular flexibility index (Phi) is 13.1. The van der Waals surface area contributed by atoms with Crippen LogP contribution in [-0.2, 0) is 17.8 Å². The minimum atomic E-state index is -1.02. The molecule has 4 aromatic carbocycles. The number of nitrogens with one attached hydrogen (secondary N) is 2. The molecular weight excluding hydrogens is 697 g/mol. The third-order valence-corrected chi connectivity index (χ3v) is 8.72. The molecular formula is C43H44N6O6. The number of nitrogens with zero attached hydrogens (tertiary/aromatic N) is 4. The van der Waals surface area contributed by atoms with Gasteiger partial charge in [0.15, 0.2) is 0 Å². The summed E-state index contributed by atoms with van der Waals surface area (Å²) in [7, 11) is 1.66. The molecule has 6 aromatic rings. The Labute approximate surface area is 320 Å². The van der Waals surface area contributed by atoms with Gasteiger partial charge < -0.3 is 30.3 Å². The lowest BCUT2D eigenvalue weighted by Gasteiger charge is -2.13. The van der Waals surface area contributed by atoms with Crippen LogP contribution in [0.4, 0.5) is 11.9 Å². The second-order valence-corrected chi connectivity index (χ2v) is 12.5. The average molecular weight is 741 g/mol. The number of phenols is 1. The summed E-state index contributed by atoms with van der Waals surface area (Å²) in [5.41, 5.74) is 9.04. The normalized spacial score (nSPS) is 10.5. The van der Waals surface area contributed by atoms with Crippen molar-refractivity contribution in [3.8, 4) is 33.8 Å². The predicted octanol–water partition coefficient (Wildman–Crippen LogP) is 8.33. The van der Waals surface area contributed by atoms with Gasteiger partial charge in [-0.3, -0.25) is 0 Å². The van der Waals surface area contributed by atoms with E-state index in [2.05, 4.69) is 42.7 Å². The van der Waals surface area contributed by atoms with E-state index >= 15 is 0 Å². The second-order valence-electron chi connectivity index (χ2n) is 12.5. The van der Waals surface area contributed by atoms with Crippen molar-refractivity contribution in [2.24, 2.45) is 0 Å². The van der Waals surface area contributed by atoms with Crippen molar-refractivity contribution >= 4 is 23.8 Å². The number of ether oxygens (including phenoxy) is 2. The van der Waals surface area contributed by atoms with E-state index in [-0.39, 0.29) is 17.3 Å². The van der Waals surface area contributed by atoms with Gasteiger partial charge in [0.05, 0.1) is 36.5 Å². The Morgan fingerprint density at radius 2 is 1.04 bits per heavy atom. The van der Waals surface area contributed by atoms with Crippen LogP contribution in [0.2, 0.25) is 0 Å². The Morgan fingerprint density at radius 3 is 1.45 bits per heavy atom. The molecule has 6 rings (SSSR count). The smallest absolute Gasteiger partial charge is 0.341 e. The van der Waals surface area contributed by atoms with Crippen molar-refractivity contribution in [2.45, 2.75) is 47.7 Å². The van der Waals surface area contributed by atoms with E-state index in [0.29, 0.717) is 59.9 Å². The summed E-state index contributed by atoms with van der Waals surface area (Å²) >= 11 is 0. The molecule has 55 heavy (non-hydrogen) atoms. The number of aromatic nitrogens is 4. The molecule has 0 aliphatic rings. The van der Waals surface area contributed by atoms with E-state index in [1.54, 1.807) is 53.9 Å². The van der Waals surface area contributed by atoms with Gasteiger partial charge in [-0.1, -0.05) is 72.8 Å². The Hall–Kier alpha value is -6.82. The Bertz CT molecular complexity index is 2230. The van der Waals surface area contributed by atoms with Gasteiger partial charge in [0.2, 0.25) is 11.9 Å². The highest BCUT2D eigenvalue weighted by Crippen LogP contribution is 2.28. The number of methoxy groups -OCH3 is 1. The summed E-state index contributed by atoms with van der Waals surface area (Å²) in [6, 6.07) is 31.1. The third-order valence-electron chi connectivity index (χ3n) is 8.72. The minimum absolute atomic E-state index is 0.139. The average Bonchev–Trinajstić information content (AvgIpc) is 3.16. The maximum atomic E-state index is 12.1. The number of aromatic carboxylic acids is 1. The summed E-state index contributed by atoms with van der Waals surface area (Å²) in [5, 5.41) is 25.1. The van der Waals surface area contributed by atoms with Crippen molar-refractivity contribution in [2.75, 3.05) is 24.4 Å². The number of esters is 1. The number of hydrogen-bond donors (Lipinski definition) is 4. The van der Waals surface area contributed by atoms with Crippen molar-refractivity contribution < 1.29 is 29.3 Å². The first kappa shape index (κ1) is 39.4. The van der Waals surface area contributed by atoms with Crippen LogP contribution in [0.1, 0.15) is 61.5 Å². The first-order valence-corrected chi connectivity index (χ1v) is 17.7. The van der Waals surface area contributed by atoms with Crippen LogP contribution >= 0.6 is 0 Å². The molecule has 0 saturated heterocycles. The fraction of sp³-hybridized carbons (Fsp3) is 0.209. The fourth-order valence-corrected chi connectivity index (χ4v) is 6.07. The topological polar surface area (TPSA) is 169 Å². The molecule has 0 aliphatic carbocycles. The lowest BCUT2D eigenvalue weighted by atomic mass is 9.99.